The van der Waals surface area contributed by atoms with Gasteiger partial charge in [-0.25, -0.2) is 0 Å². The smallest absolute Gasteiger partial charge is 0.224 e. The summed E-state index contributed by atoms with van der Waals surface area (Å²) in [6.07, 6.45) is 2.81. The second-order valence-corrected chi connectivity index (χ2v) is 8.11. The minimum atomic E-state index is 0.0129. The Morgan fingerprint density at radius 2 is 1.94 bits per heavy atom. The molecule has 0 fully saturated rings. The van der Waals surface area contributed by atoms with Gasteiger partial charge in [-0.2, -0.15) is 0 Å². The molecule has 32 heavy (non-hydrogen) atoms. The molecular weight excluding hydrogens is 400 g/mol. The van der Waals surface area contributed by atoms with Crippen LogP contribution in [-0.4, -0.2) is 29.8 Å². The highest BCUT2D eigenvalue weighted by molar-refractivity contribution is 5.98. The summed E-state index contributed by atoms with van der Waals surface area (Å²) in [6.45, 7) is 5.89. The SMILES string of the molecule is CC(C)c1cccc(NC(=O)CCc2ccc(Oc3ccnc(C4=NCCN4)c3)cc2)c1. The van der Waals surface area contributed by atoms with Gasteiger partial charge in [0.15, 0.2) is 0 Å². The lowest BCUT2D eigenvalue weighted by atomic mass is 10.0. The second kappa shape index (κ2) is 10.1. The number of hydrogen-bond donors (Lipinski definition) is 2. The Hall–Kier alpha value is -3.67. The molecule has 6 nitrogen and oxygen atoms in total. The molecule has 2 heterocycles. The van der Waals surface area contributed by atoms with E-state index >= 15 is 0 Å². The van der Waals surface area contributed by atoms with Crippen LogP contribution < -0.4 is 15.4 Å². The average molecular weight is 429 g/mol. The molecule has 0 unspecified atom stereocenters. The van der Waals surface area contributed by atoms with Crippen LogP contribution in [0.15, 0.2) is 71.9 Å². The minimum Gasteiger partial charge on any atom is -0.457 e. The highest BCUT2D eigenvalue weighted by Crippen LogP contribution is 2.23. The number of ether oxygens (including phenoxy) is 1. The van der Waals surface area contributed by atoms with Gasteiger partial charge in [0.1, 0.15) is 23.0 Å². The summed E-state index contributed by atoms with van der Waals surface area (Å²) in [4.78, 5) is 21.1. The normalized spacial score (nSPS) is 12.9. The molecule has 0 saturated carbocycles. The molecule has 0 atom stereocenters. The lowest BCUT2D eigenvalue weighted by Gasteiger charge is -2.10. The van der Waals surface area contributed by atoms with Crippen LogP contribution in [0.3, 0.4) is 0 Å². The Balaban J connectivity index is 1.30. The van der Waals surface area contributed by atoms with E-state index < -0.39 is 0 Å². The second-order valence-electron chi connectivity index (χ2n) is 8.11. The highest BCUT2D eigenvalue weighted by atomic mass is 16.5. The zero-order valence-corrected chi connectivity index (χ0v) is 18.5. The lowest BCUT2D eigenvalue weighted by molar-refractivity contribution is -0.116. The van der Waals surface area contributed by atoms with Crippen LogP contribution in [0.4, 0.5) is 5.69 Å². The number of amides is 1. The summed E-state index contributed by atoms with van der Waals surface area (Å²) in [5.41, 5.74) is 3.93. The molecular formula is C26H28N4O2. The molecule has 1 amide bonds. The predicted molar refractivity (Wildman–Crippen MR) is 128 cm³/mol. The van der Waals surface area contributed by atoms with E-state index in [0.29, 0.717) is 24.5 Å². The first-order valence-corrected chi connectivity index (χ1v) is 11.0. The number of nitrogens with one attached hydrogen (secondary N) is 2. The van der Waals surface area contributed by atoms with E-state index in [9.17, 15) is 4.79 Å². The van der Waals surface area contributed by atoms with Crippen LogP contribution in [-0.2, 0) is 11.2 Å². The Kier molecular flexibility index (Phi) is 6.80. The third-order valence-electron chi connectivity index (χ3n) is 5.29. The van der Waals surface area contributed by atoms with Crippen molar-refractivity contribution in [3.63, 3.8) is 0 Å². The van der Waals surface area contributed by atoms with Gasteiger partial charge in [-0.15, -0.1) is 0 Å². The van der Waals surface area contributed by atoms with Gasteiger partial charge >= 0.3 is 0 Å². The summed E-state index contributed by atoms with van der Waals surface area (Å²) in [5, 5.41) is 6.21. The summed E-state index contributed by atoms with van der Waals surface area (Å²) in [5.74, 6) is 2.70. The van der Waals surface area contributed by atoms with Gasteiger partial charge in [-0.3, -0.25) is 14.8 Å². The number of carbonyl (C=O) groups is 1. The maximum atomic E-state index is 12.4. The molecule has 0 aliphatic carbocycles. The number of aromatic nitrogens is 1. The monoisotopic (exact) mass is 428 g/mol. The quantitative estimate of drug-likeness (QED) is 0.534. The van der Waals surface area contributed by atoms with Crippen molar-refractivity contribution in [1.29, 1.82) is 0 Å². The fourth-order valence-electron chi connectivity index (χ4n) is 3.49. The number of aliphatic imine (C=N–C) groups is 1. The predicted octanol–water partition coefficient (Wildman–Crippen LogP) is 4.92. The number of carbonyl (C=O) groups excluding carboxylic acids is 1. The number of pyridine rings is 1. The van der Waals surface area contributed by atoms with Gasteiger partial charge in [-0.1, -0.05) is 38.1 Å². The molecule has 2 N–H and O–H groups in total. The third kappa shape index (κ3) is 5.72. The van der Waals surface area contributed by atoms with Gasteiger partial charge in [0.25, 0.3) is 0 Å². The molecule has 6 heteroatoms. The van der Waals surface area contributed by atoms with E-state index in [0.717, 1.165) is 41.6 Å². The van der Waals surface area contributed by atoms with E-state index in [2.05, 4.69) is 40.5 Å². The van der Waals surface area contributed by atoms with Gasteiger partial charge in [0, 0.05) is 30.9 Å². The largest absolute Gasteiger partial charge is 0.457 e. The van der Waals surface area contributed by atoms with E-state index in [4.69, 9.17) is 4.74 Å². The van der Waals surface area contributed by atoms with Crippen molar-refractivity contribution in [1.82, 2.24) is 10.3 Å². The summed E-state index contributed by atoms with van der Waals surface area (Å²) >= 11 is 0. The van der Waals surface area contributed by atoms with E-state index in [1.54, 1.807) is 6.20 Å². The molecule has 0 bridgehead atoms. The van der Waals surface area contributed by atoms with Gasteiger partial charge in [-0.05, 0) is 53.8 Å². The molecule has 1 aliphatic heterocycles. The van der Waals surface area contributed by atoms with E-state index in [-0.39, 0.29) is 5.91 Å². The maximum absolute atomic E-state index is 12.4. The standard InChI is InChI=1S/C26H28N4O2/c1-18(2)20-4-3-5-21(16-20)30-25(31)11-8-19-6-9-22(10-7-19)32-23-12-13-27-24(17-23)26-28-14-15-29-26/h3-7,9-10,12-13,16-18H,8,11,14-15H2,1-2H3,(H,28,29)(H,30,31). The molecule has 2 aromatic carbocycles. The van der Waals surface area contributed by atoms with Crippen LogP contribution in [0.25, 0.3) is 0 Å². The van der Waals surface area contributed by atoms with Gasteiger partial charge < -0.3 is 15.4 Å². The molecule has 1 aliphatic rings. The Bertz CT molecular complexity index is 1110. The molecule has 0 saturated heterocycles. The number of nitrogens with zero attached hydrogens (tertiary/aromatic N) is 2. The van der Waals surface area contributed by atoms with Gasteiger partial charge in [0.2, 0.25) is 5.91 Å². The number of amidine groups is 1. The zero-order chi connectivity index (χ0) is 22.3. The Morgan fingerprint density at radius 1 is 1.09 bits per heavy atom. The number of anilines is 1. The van der Waals surface area contributed by atoms with Crippen LogP contribution in [0.5, 0.6) is 11.5 Å². The summed E-state index contributed by atoms with van der Waals surface area (Å²) in [7, 11) is 0. The van der Waals surface area contributed by atoms with Gasteiger partial charge in [0.05, 0.1) is 6.54 Å². The first-order valence-electron chi connectivity index (χ1n) is 11.0. The summed E-state index contributed by atoms with van der Waals surface area (Å²) in [6, 6.07) is 19.6. The topological polar surface area (TPSA) is 75.6 Å². The van der Waals surface area contributed by atoms with Crippen LogP contribution in [0.1, 0.15) is 43.0 Å². The zero-order valence-electron chi connectivity index (χ0n) is 18.5. The average Bonchev–Trinajstić information content (AvgIpc) is 3.34. The molecule has 1 aromatic heterocycles. The third-order valence-corrected chi connectivity index (χ3v) is 5.29. The Morgan fingerprint density at radius 3 is 2.69 bits per heavy atom. The van der Waals surface area contributed by atoms with Crippen molar-refractivity contribution < 1.29 is 9.53 Å². The summed E-state index contributed by atoms with van der Waals surface area (Å²) < 4.78 is 5.97. The Labute approximate surface area is 188 Å². The van der Waals surface area contributed by atoms with E-state index in [1.807, 2.05) is 54.6 Å². The highest BCUT2D eigenvalue weighted by Gasteiger charge is 2.11. The van der Waals surface area contributed by atoms with E-state index in [1.165, 1.54) is 5.56 Å². The fraction of sp³-hybridized carbons (Fsp3) is 0.269. The lowest BCUT2D eigenvalue weighted by Crippen LogP contribution is -2.20. The van der Waals surface area contributed by atoms with Crippen molar-refractivity contribution in [3.05, 3.63) is 83.7 Å². The first kappa shape index (κ1) is 21.6. The minimum absolute atomic E-state index is 0.0129. The van der Waals surface area contributed by atoms with Crippen molar-refractivity contribution in [2.75, 3.05) is 18.4 Å². The number of aryl methyl sites for hydroxylation is 1. The van der Waals surface area contributed by atoms with Crippen LogP contribution >= 0.6 is 0 Å². The maximum Gasteiger partial charge on any atom is 0.224 e. The number of hydrogen-bond acceptors (Lipinski definition) is 5. The molecule has 164 valence electrons. The molecule has 3 aromatic rings. The van der Waals surface area contributed by atoms with Crippen LogP contribution in [0, 0.1) is 0 Å². The first-order chi connectivity index (χ1) is 15.6. The van der Waals surface area contributed by atoms with Crippen LogP contribution in [0.2, 0.25) is 0 Å². The number of rotatable bonds is 8. The molecule has 0 radical (unpaired) electrons. The van der Waals surface area contributed by atoms with Crippen molar-refractivity contribution in [2.45, 2.75) is 32.6 Å². The van der Waals surface area contributed by atoms with Crippen molar-refractivity contribution >= 4 is 17.4 Å². The van der Waals surface area contributed by atoms with Crippen molar-refractivity contribution in [3.8, 4) is 11.5 Å². The fourth-order valence-corrected chi connectivity index (χ4v) is 3.49. The number of benzene rings is 2. The molecule has 0 spiro atoms. The van der Waals surface area contributed by atoms with Crippen molar-refractivity contribution in [2.24, 2.45) is 4.99 Å². The molecule has 4 rings (SSSR count).